The molecule has 4 aliphatic carbocycles. The molecule has 1 saturated heterocycles. The summed E-state index contributed by atoms with van der Waals surface area (Å²) in [4.78, 5) is 24.3. The number of carbonyl (C=O) groups excluding carboxylic acids is 2. The molecular weight excluding hydrogens is 356 g/mol. The Bertz CT molecular complexity index is 723. The molecule has 0 N–H and O–H groups in total. The maximum Gasteiger partial charge on any atom is 0.186 e. The molecular formula is C23H32O3S. The smallest absolute Gasteiger partial charge is 0.186 e. The van der Waals surface area contributed by atoms with Crippen molar-refractivity contribution in [1.82, 2.24) is 0 Å². The van der Waals surface area contributed by atoms with Crippen LogP contribution >= 0.6 is 11.8 Å². The molecule has 0 aromatic heterocycles. The lowest BCUT2D eigenvalue weighted by Crippen LogP contribution is -2.61. The number of hydrogen-bond acceptors (Lipinski definition) is 4. The van der Waals surface area contributed by atoms with Crippen LogP contribution in [0, 0.1) is 28.6 Å². The third-order valence-electron chi connectivity index (χ3n) is 9.45. The van der Waals surface area contributed by atoms with Crippen molar-refractivity contribution in [2.75, 3.05) is 6.61 Å². The fourth-order valence-electron chi connectivity index (χ4n) is 7.92. The molecule has 5 aliphatic rings. The first-order chi connectivity index (χ1) is 12.8. The minimum absolute atomic E-state index is 0.119. The van der Waals surface area contributed by atoms with Crippen LogP contribution in [0.1, 0.15) is 72.1 Å². The molecule has 0 radical (unpaired) electrons. The van der Waals surface area contributed by atoms with Crippen LogP contribution in [0.3, 0.4) is 0 Å². The highest BCUT2D eigenvalue weighted by Crippen LogP contribution is 2.71. The third-order valence-corrected chi connectivity index (χ3v) is 10.6. The van der Waals surface area contributed by atoms with Crippen LogP contribution in [0.15, 0.2) is 11.6 Å². The fourth-order valence-corrected chi connectivity index (χ4v) is 9.15. The summed E-state index contributed by atoms with van der Waals surface area (Å²) in [6.07, 6.45) is 10.7. The molecule has 0 aromatic rings. The van der Waals surface area contributed by atoms with Gasteiger partial charge in [0.15, 0.2) is 10.9 Å². The zero-order valence-electron chi connectivity index (χ0n) is 16.9. The molecule has 1 spiro atoms. The zero-order valence-corrected chi connectivity index (χ0v) is 17.7. The number of thioether (sulfide) groups is 1. The second-order valence-corrected chi connectivity index (χ2v) is 11.7. The molecule has 3 saturated carbocycles. The molecule has 27 heavy (non-hydrogen) atoms. The molecule has 0 unspecified atom stereocenters. The number of ketones is 1. The minimum atomic E-state index is 0.119. The monoisotopic (exact) mass is 388 g/mol. The van der Waals surface area contributed by atoms with E-state index in [1.807, 2.05) is 6.08 Å². The highest BCUT2D eigenvalue weighted by molar-refractivity contribution is 8.14. The predicted molar refractivity (Wildman–Crippen MR) is 107 cm³/mol. The molecule has 0 aromatic carbocycles. The first-order valence-electron chi connectivity index (χ1n) is 10.8. The van der Waals surface area contributed by atoms with Gasteiger partial charge in [0.25, 0.3) is 0 Å². The number of fused-ring (bicyclic) bond motifs is 6. The van der Waals surface area contributed by atoms with Crippen molar-refractivity contribution >= 4 is 22.7 Å². The average Bonchev–Trinajstić information content (AvgIpc) is 2.89. The van der Waals surface area contributed by atoms with E-state index in [1.54, 1.807) is 18.7 Å². The first kappa shape index (κ1) is 18.4. The van der Waals surface area contributed by atoms with Gasteiger partial charge >= 0.3 is 0 Å². The molecule has 0 amide bonds. The van der Waals surface area contributed by atoms with Crippen molar-refractivity contribution in [2.45, 2.75) is 83.0 Å². The van der Waals surface area contributed by atoms with E-state index in [1.165, 1.54) is 37.7 Å². The highest BCUT2D eigenvalue weighted by atomic mass is 32.2. The van der Waals surface area contributed by atoms with Crippen molar-refractivity contribution in [3.05, 3.63) is 11.6 Å². The van der Waals surface area contributed by atoms with Gasteiger partial charge in [-0.25, -0.2) is 0 Å². The van der Waals surface area contributed by atoms with Crippen LogP contribution in [0.25, 0.3) is 0 Å². The summed E-state index contributed by atoms with van der Waals surface area (Å²) in [6.45, 7) is 7.55. The van der Waals surface area contributed by atoms with Gasteiger partial charge in [0.2, 0.25) is 0 Å². The topological polar surface area (TPSA) is 43.4 Å². The summed E-state index contributed by atoms with van der Waals surface area (Å²) in [5.41, 5.74) is 1.89. The Labute approximate surface area is 167 Å². The molecule has 7 atom stereocenters. The Morgan fingerprint density at radius 2 is 1.89 bits per heavy atom. The van der Waals surface area contributed by atoms with Gasteiger partial charge in [0.05, 0.1) is 12.2 Å². The standard InChI is InChI=1S/C23H32O3S/c1-14(24)27-19-13-15-12-16(25)4-7-21(15,2)17-5-8-22(3)18(20(17)19)6-9-23(22)10-11-26-23/h12,17-20H,4-11,13H2,1-3H3/t17-,18-,19-,20+,21+,22+,23-/m1/s1. The highest BCUT2D eigenvalue weighted by Gasteiger charge is 2.68. The van der Waals surface area contributed by atoms with Crippen molar-refractivity contribution < 1.29 is 14.3 Å². The average molecular weight is 389 g/mol. The lowest BCUT2D eigenvalue weighted by molar-refractivity contribution is -0.226. The number of allylic oxidation sites excluding steroid dienone is 1. The Morgan fingerprint density at radius 1 is 1.15 bits per heavy atom. The van der Waals surface area contributed by atoms with Crippen molar-refractivity contribution in [3.8, 4) is 0 Å². The molecule has 1 aliphatic heterocycles. The zero-order chi connectivity index (χ0) is 19.0. The van der Waals surface area contributed by atoms with Gasteiger partial charge < -0.3 is 4.74 Å². The van der Waals surface area contributed by atoms with Gasteiger partial charge in [-0.15, -0.1) is 0 Å². The van der Waals surface area contributed by atoms with Gasteiger partial charge in [0, 0.05) is 25.0 Å². The maximum absolute atomic E-state index is 12.1. The molecule has 4 fully saturated rings. The summed E-state index contributed by atoms with van der Waals surface area (Å²) in [6, 6.07) is 0. The van der Waals surface area contributed by atoms with E-state index >= 15 is 0 Å². The van der Waals surface area contributed by atoms with Gasteiger partial charge in [-0.2, -0.15) is 0 Å². The SMILES string of the molecule is CC(=O)S[C@@H]1CC2=CC(=O)CC[C@]2(C)[C@@H]2CC[C@@]3(C)[C@H](CC[C@@]34CCO4)[C@H]21. The Kier molecular flexibility index (Phi) is 4.06. The fraction of sp³-hybridized carbons (Fsp3) is 0.826. The lowest BCUT2D eigenvalue weighted by Gasteiger charge is -2.62. The van der Waals surface area contributed by atoms with Gasteiger partial charge in [-0.1, -0.05) is 31.2 Å². The Morgan fingerprint density at radius 3 is 2.56 bits per heavy atom. The van der Waals surface area contributed by atoms with Crippen molar-refractivity contribution in [1.29, 1.82) is 0 Å². The quantitative estimate of drug-likeness (QED) is 0.638. The molecule has 1 heterocycles. The maximum atomic E-state index is 12.1. The van der Waals surface area contributed by atoms with Crippen molar-refractivity contribution in [3.63, 3.8) is 0 Å². The van der Waals surface area contributed by atoms with Crippen LogP contribution in [-0.4, -0.2) is 28.4 Å². The third kappa shape index (κ3) is 2.38. The molecule has 3 nitrogen and oxygen atoms in total. The van der Waals surface area contributed by atoms with Gasteiger partial charge in [0.1, 0.15) is 0 Å². The lowest BCUT2D eigenvalue weighted by atomic mass is 9.46. The van der Waals surface area contributed by atoms with Gasteiger partial charge in [-0.3, -0.25) is 9.59 Å². The predicted octanol–water partition coefficient (Wildman–Crippen LogP) is 4.94. The van der Waals surface area contributed by atoms with E-state index < -0.39 is 0 Å². The van der Waals surface area contributed by atoms with Crippen molar-refractivity contribution in [2.24, 2.45) is 28.6 Å². The van der Waals surface area contributed by atoms with Crippen LogP contribution in [-0.2, 0) is 14.3 Å². The molecule has 4 heteroatoms. The van der Waals surface area contributed by atoms with E-state index in [-0.39, 0.29) is 27.3 Å². The number of hydrogen-bond donors (Lipinski definition) is 0. The minimum Gasteiger partial charge on any atom is -0.374 e. The van der Waals surface area contributed by atoms with Crippen LogP contribution in [0.4, 0.5) is 0 Å². The largest absolute Gasteiger partial charge is 0.374 e. The molecule has 5 rings (SSSR count). The summed E-state index contributed by atoms with van der Waals surface area (Å²) in [5, 5.41) is 0.558. The number of ether oxygens (including phenoxy) is 1. The van der Waals surface area contributed by atoms with Crippen LogP contribution in [0.2, 0.25) is 0 Å². The first-order valence-corrected chi connectivity index (χ1v) is 11.7. The summed E-state index contributed by atoms with van der Waals surface area (Å²) in [5.74, 6) is 2.13. The second-order valence-electron chi connectivity index (χ2n) is 10.3. The molecule has 148 valence electrons. The molecule has 0 bridgehead atoms. The number of rotatable bonds is 1. The van der Waals surface area contributed by atoms with Crippen LogP contribution in [0.5, 0.6) is 0 Å². The summed E-state index contributed by atoms with van der Waals surface area (Å²) < 4.78 is 6.26. The van der Waals surface area contributed by atoms with Gasteiger partial charge in [-0.05, 0) is 73.2 Å². The summed E-state index contributed by atoms with van der Waals surface area (Å²) in [7, 11) is 0. The summed E-state index contributed by atoms with van der Waals surface area (Å²) >= 11 is 1.56. The Balaban J connectivity index is 1.56. The van der Waals surface area contributed by atoms with E-state index in [0.717, 1.165) is 19.4 Å². The second kappa shape index (κ2) is 5.95. The van der Waals surface area contributed by atoms with E-state index in [0.29, 0.717) is 29.4 Å². The van der Waals surface area contributed by atoms with E-state index in [4.69, 9.17) is 4.74 Å². The normalized spacial score (nSPS) is 51.1. The Hall–Kier alpha value is -0.610. The van der Waals surface area contributed by atoms with E-state index in [9.17, 15) is 9.59 Å². The number of carbonyl (C=O) groups is 2. The van der Waals surface area contributed by atoms with Crippen LogP contribution < -0.4 is 0 Å². The van der Waals surface area contributed by atoms with E-state index in [2.05, 4.69) is 13.8 Å².